The molecule has 0 fully saturated rings. The van der Waals surface area contributed by atoms with Crippen LogP contribution in [0, 0.1) is 5.41 Å². The molecule has 0 aliphatic carbocycles. The van der Waals surface area contributed by atoms with Crippen LogP contribution >= 0.6 is 0 Å². The summed E-state index contributed by atoms with van der Waals surface area (Å²) in [5, 5.41) is 2.96. The van der Waals surface area contributed by atoms with E-state index in [1.54, 1.807) is 7.11 Å². The van der Waals surface area contributed by atoms with Gasteiger partial charge in [0.25, 0.3) is 0 Å². The lowest BCUT2D eigenvalue weighted by Gasteiger charge is -2.22. The molecule has 0 bridgehead atoms. The van der Waals surface area contributed by atoms with E-state index in [9.17, 15) is 4.79 Å². The number of amides is 1. The van der Waals surface area contributed by atoms with Gasteiger partial charge in [-0.3, -0.25) is 4.79 Å². The van der Waals surface area contributed by atoms with Gasteiger partial charge in [0.1, 0.15) is 5.75 Å². The number of benzene rings is 1. The third kappa shape index (κ3) is 4.91. The lowest BCUT2D eigenvalue weighted by atomic mass is 9.88. The lowest BCUT2D eigenvalue weighted by molar-refractivity contribution is -0.129. The fourth-order valence-corrected chi connectivity index (χ4v) is 1.83. The van der Waals surface area contributed by atoms with Crippen molar-refractivity contribution in [1.29, 1.82) is 0 Å². The van der Waals surface area contributed by atoms with E-state index in [1.807, 2.05) is 38.1 Å². The van der Waals surface area contributed by atoms with Crippen molar-refractivity contribution in [2.75, 3.05) is 20.2 Å². The monoisotopic (exact) mass is 264 g/mol. The average Bonchev–Trinajstić information content (AvgIpc) is 2.39. The summed E-state index contributed by atoms with van der Waals surface area (Å²) < 4.78 is 5.10. The first-order chi connectivity index (χ1) is 8.99. The van der Waals surface area contributed by atoms with Gasteiger partial charge in [0, 0.05) is 12.0 Å². The number of hydrogen-bond acceptors (Lipinski definition) is 3. The van der Waals surface area contributed by atoms with E-state index in [0.717, 1.165) is 12.2 Å². The molecular weight excluding hydrogens is 240 g/mol. The molecule has 0 saturated carbocycles. The highest BCUT2D eigenvalue weighted by atomic mass is 16.5. The summed E-state index contributed by atoms with van der Waals surface area (Å²) in [7, 11) is 1.65. The maximum atomic E-state index is 12.0. The first-order valence-electron chi connectivity index (χ1n) is 6.61. The van der Waals surface area contributed by atoms with Crippen LogP contribution in [0.2, 0.25) is 0 Å². The van der Waals surface area contributed by atoms with Crippen LogP contribution in [-0.2, 0) is 11.2 Å². The van der Waals surface area contributed by atoms with Crippen molar-refractivity contribution < 1.29 is 9.53 Å². The van der Waals surface area contributed by atoms with Crippen molar-refractivity contribution in [3.8, 4) is 5.75 Å². The van der Waals surface area contributed by atoms with Gasteiger partial charge in [0.05, 0.1) is 7.11 Å². The van der Waals surface area contributed by atoms with E-state index in [2.05, 4.69) is 5.32 Å². The van der Waals surface area contributed by atoms with Crippen LogP contribution in [0.25, 0.3) is 0 Å². The van der Waals surface area contributed by atoms with Gasteiger partial charge in [-0.2, -0.15) is 0 Å². The predicted octanol–water partition coefficient (Wildman–Crippen LogP) is 1.73. The molecule has 0 aliphatic rings. The van der Waals surface area contributed by atoms with Crippen molar-refractivity contribution in [2.45, 2.75) is 26.7 Å². The molecule has 1 rings (SSSR count). The minimum atomic E-state index is -0.394. The van der Waals surface area contributed by atoms with Crippen molar-refractivity contribution in [2.24, 2.45) is 11.1 Å². The molecule has 0 heterocycles. The number of nitrogens with one attached hydrogen (secondary N) is 1. The van der Waals surface area contributed by atoms with E-state index in [0.29, 0.717) is 19.5 Å². The van der Waals surface area contributed by atoms with Crippen molar-refractivity contribution in [3.63, 3.8) is 0 Å². The van der Waals surface area contributed by atoms with Crippen LogP contribution in [0.4, 0.5) is 0 Å². The Morgan fingerprint density at radius 2 is 1.95 bits per heavy atom. The second-order valence-corrected chi connectivity index (χ2v) is 5.28. The van der Waals surface area contributed by atoms with Gasteiger partial charge in [-0.25, -0.2) is 0 Å². The molecular formula is C15H24N2O2. The first-order valence-corrected chi connectivity index (χ1v) is 6.61. The largest absolute Gasteiger partial charge is 0.497 e. The van der Waals surface area contributed by atoms with Crippen LogP contribution in [0.3, 0.4) is 0 Å². The molecule has 19 heavy (non-hydrogen) atoms. The highest BCUT2D eigenvalue weighted by molar-refractivity contribution is 5.81. The lowest BCUT2D eigenvalue weighted by Crippen LogP contribution is -2.39. The molecule has 0 aliphatic heterocycles. The molecule has 4 heteroatoms. The Bertz CT molecular complexity index is 399. The van der Waals surface area contributed by atoms with E-state index in [-0.39, 0.29) is 5.91 Å². The van der Waals surface area contributed by atoms with Crippen LogP contribution in [0.5, 0.6) is 5.75 Å². The smallest absolute Gasteiger partial charge is 0.225 e. The molecule has 4 nitrogen and oxygen atoms in total. The van der Waals surface area contributed by atoms with E-state index < -0.39 is 5.41 Å². The Hall–Kier alpha value is -1.55. The number of hydrogen-bond donors (Lipinski definition) is 2. The van der Waals surface area contributed by atoms with Gasteiger partial charge >= 0.3 is 0 Å². The second kappa shape index (κ2) is 7.14. The summed E-state index contributed by atoms with van der Waals surface area (Å²) in [5.41, 5.74) is 6.29. The first kappa shape index (κ1) is 15.5. The maximum Gasteiger partial charge on any atom is 0.225 e. The fraction of sp³-hybridized carbons (Fsp3) is 0.533. The van der Waals surface area contributed by atoms with Crippen LogP contribution in [0.1, 0.15) is 25.8 Å². The summed E-state index contributed by atoms with van der Waals surface area (Å²) in [6, 6.07) is 7.87. The Morgan fingerprint density at radius 1 is 1.32 bits per heavy atom. The SMILES string of the molecule is COc1ccc(CCNC(=O)C(C)(C)CCN)cc1. The number of carbonyl (C=O) groups excluding carboxylic acids is 1. The van der Waals surface area contributed by atoms with Crippen molar-refractivity contribution in [1.82, 2.24) is 5.32 Å². The molecule has 0 spiro atoms. The van der Waals surface area contributed by atoms with Crippen LogP contribution < -0.4 is 15.8 Å². The number of nitrogens with two attached hydrogens (primary N) is 1. The van der Waals surface area contributed by atoms with Gasteiger partial charge in [-0.15, -0.1) is 0 Å². The summed E-state index contributed by atoms with van der Waals surface area (Å²) in [6.45, 7) is 5.00. The minimum Gasteiger partial charge on any atom is -0.497 e. The van der Waals surface area contributed by atoms with Gasteiger partial charge in [0.15, 0.2) is 0 Å². The summed E-state index contributed by atoms with van der Waals surface area (Å²) in [4.78, 5) is 12.0. The maximum absolute atomic E-state index is 12.0. The predicted molar refractivity (Wildman–Crippen MR) is 77.2 cm³/mol. The highest BCUT2D eigenvalue weighted by Gasteiger charge is 2.25. The Morgan fingerprint density at radius 3 is 2.47 bits per heavy atom. The number of carbonyl (C=O) groups is 1. The molecule has 1 amide bonds. The zero-order valence-corrected chi connectivity index (χ0v) is 12.0. The summed E-state index contributed by atoms with van der Waals surface area (Å²) >= 11 is 0. The quantitative estimate of drug-likeness (QED) is 0.788. The molecule has 1 aromatic rings. The summed E-state index contributed by atoms with van der Waals surface area (Å²) in [5.74, 6) is 0.906. The van der Waals surface area contributed by atoms with Crippen LogP contribution in [0.15, 0.2) is 24.3 Å². The topological polar surface area (TPSA) is 64.3 Å². The minimum absolute atomic E-state index is 0.0615. The second-order valence-electron chi connectivity index (χ2n) is 5.28. The van der Waals surface area contributed by atoms with E-state index in [1.165, 1.54) is 5.56 Å². The van der Waals surface area contributed by atoms with Crippen molar-refractivity contribution >= 4 is 5.91 Å². The molecule has 0 radical (unpaired) electrons. The molecule has 1 aromatic carbocycles. The van der Waals surface area contributed by atoms with Gasteiger partial charge < -0.3 is 15.8 Å². The zero-order chi connectivity index (χ0) is 14.3. The number of rotatable bonds is 7. The number of methoxy groups -OCH3 is 1. The van der Waals surface area contributed by atoms with Crippen molar-refractivity contribution in [3.05, 3.63) is 29.8 Å². The van der Waals surface area contributed by atoms with E-state index >= 15 is 0 Å². The molecule has 0 atom stereocenters. The normalized spacial score (nSPS) is 11.2. The molecule has 3 N–H and O–H groups in total. The molecule has 0 unspecified atom stereocenters. The molecule has 0 aromatic heterocycles. The van der Waals surface area contributed by atoms with Gasteiger partial charge in [-0.1, -0.05) is 26.0 Å². The molecule has 0 saturated heterocycles. The zero-order valence-electron chi connectivity index (χ0n) is 12.0. The third-order valence-corrected chi connectivity index (χ3v) is 3.24. The molecule has 106 valence electrons. The Balaban J connectivity index is 2.39. The highest BCUT2D eigenvalue weighted by Crippen LogP contribution is 2.19. The third-order valence-electron chi connectivity index (χ3n) is 3.24. The standard InChI is InChI=1S/C15H24N2O2/c1-15(2,9-10-16)14(18)17-11-8-12-4-6-13(19-3)7-5-12/h4-7H,8-11,16H2,1-3H3,(H,17,18). The Labute approximate surface area is 115 Å². The van der Waals surface area contributed by atoms with Crippen LogP contribution in [-0.4, -0.2) is 26.1 Å². The number of ether oxygens (including phenoxy) is 1. The fourth-order valence-electron chi connectivity index (χ4n) is 1.83. The average molecular weight is 264 g/mol. The summed E-state index contributed by atoms with van der Waals surface area (Å²) in [6.07, 6.45) is 1.51. The van der Waals surface area contributed by atoms with Gasteiger partial charge in [-0.05, 0) is 37.1 Å². The Kier molecular flexibility index (Phi) is 5.83. The van der Waals surface area contributed by atoms with Gasteiger partial charge in [0.2, 0.25) is 5.91 Å². The van der Waals surface area contributed by atoms with E-state index in [4.69, 9.17) is 10.5 Å².